The van der Waals surface area contributed by atoms with Crippen molar-refractivity contribution in [3.63, 3.8) is 0 Å². The average molecular weight is 429 g/mol. The number of hydrogen-bond acceptors (Lipinski definition) is 8. The van der Waals surface area contributed by atoms with Gasteiger partial charge < -0.3 is 28.4 Å². The van der Waals surface area contributed by atoms with Gasteiger partial charge in [-0.05, 0) is 66.2 Å². The SMILES string of the molecule is CCOC(=O)/C1=C(\C)OCCCCCO/C(C(=O)OCC)=C(/C)OCCCCCO1. The zero-order chi connectivity index (χ0) is 22.2. The van der Waals surface area contributed by atoms with E-state index in [1.54, 1.807) is 27.7 Å². The van der Waals surface area contributed by atoms with E-state index in [2.05, 4.69) is 0 Å². The molecule has 0 aromatic carbocycles. The summed E-state index contributed by atoms with van der Waals surface area (Å²) in [5, 5.41) is 0. The summed E-state index contributed by atoms with van der Waals surface area (Å²) < 4.78 is 32.8. The Balaban J connectivity index is 2.74. The predicted molar refractivity (Wildman–Crippen MR) is 110 cm³/mol. The van der Waals surface area contributed by atoms with Gasteiger partial charge in [0, 0.05) is 0 Å². The van der Waals surface area contributed by atoms with Crippen LogP contribution in [0.25, 0.3) is 0 Å². The molecule has 8 heteroatoms. The van der Waals surface area contributed by atoms with Crippen molar-refractivity contribution in [3.05, 3.63) is 23.0 Å². The highest BCUT2D eigenvalue weighted by molar-refractivity contribution is 5.87. The molecule has 1 rings (SSSR count). The summed E-state index contributed by atoms with van der Waals surface area (Å²) in [5.41, 5.74) is 0. The molecule has 0 radical (unpaired) electrons. The lowest BCUT2D eigenvalue weighted by atomic mass is 10.2. The lowest BCUT2D eigenvalue weighted by molar-refractivity contribution is -0.144. The van der Waals surface area contributed by atoms with E-state index in [0.717, 1.165) is 38.5 Å². The van der Waals surface area contributed by atoms with Gasteiger partial charge in [-0.25, -0.2) is 9.59 Å². The van der Waals surface area contributed by atoms with Gasteiger partial charge in [0.15, 0.2) is 0 Å². The van der Waals surface area contributed by atoms with Crippen LogP contribution in [0.3, 0.4) is 0 Å². The predicted octanol–water partition coefficient (Wildman–Crippen LogP) is 4.00. The zero-order valence-electron chi connectivity index (χ0n) is 18.8. The highest BCUT2D eigenvalue weighted by atomic mass is 16.6. The van der Waals surface area contributed by atoms with Crippen LogP contribution in [0, 0.1) is 0 Å². The van der Waals surface area contributed by atoms with Gasteiger partial charge in [-0.15, -0.1) is 0 Å². The Morgan fingerprint density at radius 2 is 0.967 bits per heavy atom. The summed E-state index contributed by atoms with van der Waals surface area (Å²) in [4.78, 5) is 24.3. The van der Waals surface area contributed by atoms with Gasteiger partial charge in [-0.3, -0.25) is 0 Å². The molecule has 0 unspecified atom stereocenters. The van der Waals surface area contributed by atoms with Crippen molar-refractivity contribution < 1.29 is 38.0 Å². The van der Waals surface area contributed by atoms with Crippen LogP contribution in [0.4, 0.5) is 0 Å². The van der Waals surface area contributed by atoms with E-state index >= 15 is 0 Å². The molecule has 0 N–H and O–H groups in total. The minimum Gasteiger partial charge on any atom is -0.494 e. The molecule has 1 aliphatic heterocycles. The van der Waals surface area contributed by atoms with Crippen LogP contribution in [-0.4, -0.2) is 51.6 Å². The Labute approximate surface area is 179 Å². The maximum atomic E-state index is 12.1. The number of hydrogen-bond donors (Lipinski definition) is 0. The Morgan fingerprint density at radius 1 is 0.633 bits per heavy atom. The van der Waals surface area contributed by atoms with Crippen molar-refractivity contribution in [1.29, 1.82) is 0 Å². The topological polar surface area (TPSA) is 89.5 Å². The third kappa shape index (κ3) is 9.89. The number of carbonyl (C=O) groups excluding carboxylic acids is 2. The first-order chi connectivity index (χ1) is 14.5. The number of carbonyl (C=O) groups is 2. The van der Waals surface area contributed by atoms with E-state index in [4.69, 9.17) is 28.4 Å². The zero-order valence-corrected chi connectivity index (χ0v) is 18.8. The van der Waals surface area contributed by atoms with Crippen LogP contribution >= 0.6 is 0 Å². The fraction of sp³-hybridized carbons (Fsp3) is 0.727. The Kier molecular flexibility index (Phi) is 13.2. The fourth-order valence-electron chi connectivity index (χ4n) is 2.69. The van der Waals surface area contributed by atoms with Crippen LogP contribution in [0.5, 0.6) is 0 Å². The normalized spacial score (nSPS) is 22.8. The molecule has 30 heavy (non-hydrogen) atoms. The van der Waals surface area contributed by atoms with Crippen LogP contribution < -0.4 is 0 Å². The first-order valence-corrected chi connectivity index (χ1v) is 10.8. The fourth-order valence-corrected chi connectivity index (χ4v) is 2.69. The van der Waals surface area contributed by atoms with E-state index in [-0.39, 0.29) is 24.7 Å². The van der Waals surface area contributed by atoms with Crippen LogP contribution in [0.15, 0.2) is 23.0 Å². The summed E-state index contributed by atoms with van der Waals surface area (Å²) in [6, 6.07) is 0. The van der Waals surface area contributed by atoms with Crippen molar-refractivity contribution in [2.24, 2.45) is 0 Å². The lowest BCUT2D eigenvalue weighted by Crippen LogP contribution is -2.15. The molecule has 0 atom stereocenters. The molecule has 0 spiro atoms. The highest BCUT2D eigenvalue weighted by Gasteiger charge is 2.19. The monoisotopic (exact) mass is 428 g/mol. The van der Waals surface area contributed by atoms with Gasteiger partial charge in [0.1, 0.15) is 11.5 Å². The second-order valence-corrected chi connectivity index (χ2v) is 6.73. The van der Waals surface area contributed by atoms with Gasteiger partial charge in [-0.1, -0.05) is 0 Å². The van der Waals surface area contributed by atoms with Crippen LogP contribution in [0.1, 0.15) is 66.2 Å². The molecule has 0 saturated heterocycles. The van der Waals surface area contributed by atoms with Crippen molar-refractivity contribution in [1.82, 2.24) is 0 Å². The Morgan fingerprint density at radius 3 is 1.30 bits per heavy atom. The Hall–Kier alpha value is -2.38. The molecular weight excluding hydrogens is 392 g/mol. The smallest absolute Gasteiger partial charge is 0.377 e. The van der Waals surface area contributed by atoms with Crippen molar-refractivity contribution >= 4 is 11.9 Å². The van der Waals surface area contributed by atoms with Crippen molar-refractivity contribution in [2.45, 2.75) is 66.2 Å². The van der Waals surface area contributed by atoms with Gasteiger partial charge in [0.25, 0.3) is 0 Å². The molecular formula is C22H36O8. The van der Waals surface area contributed by atoms with E-state index in [1.165, 1.54) is 0 Å². The molecule has 8 nitrogen and oxygen atoms in total. The standard InChI is InChI=1S/C22H36O8/c1-5-25-21(23)19-17(3)27-13-9-8-12-16-30-20(22(24)26-6-2)18(4)28-14-10-7-11-15-29-19/h5-16H2,1-4H3/b19-17-,20-18-. The van der Waals surface area contributed by atoms with Crippen LogP contribution in [0.2, 0.25) is 0 Å². The van der Waals surface area contributed by atoms with Gasteiger partial charge in [-0.2, -0.15) is 0 Å². The summed E-state index contributed by atoms with van der Waals surface area (Å²) in [6.07, 6.45) is 4.68. The third-order valence-corrected chi connectivity index (χ3v) is 4.27. The average Bonchev–Trinajstić information content (AvgIpc) is 2.71. The maximum Gasteiger partial charge on any atom is 0.377 e. The third-order valence-electron chi connectivity index (χ3n) is 4.27. The van der Waals surface area contributed by atoms with Crippen molar-refractivity contribution in [2.75, 3.05) is 39.6 Å². The first-order valence-electron chi connectivity index (χ1n) is 10.8. The van der Waals surface area contributed by atoms with Gasteiger partial charge in [0.2, 0.25) is 11.5 Å². The first kappa shape index (κ1) is 25.7. The van der Waals surface area contributed by atoms with E-state index in [0.29, 0.717) is 37.9 Å². The molecule has 1 aliphatic rings. The molecule has 0 fully saturated rings. The largest absolute Gasteiger partial charge is 0.494 e. The molecule has 0 bridgehead atoms. The number of rotatable bonds is 4. The summed E-state index contributed by atoms with van der Waals surface area (Å²) in [6.45, 7) is 9.11. The van der Waals surface area contributed by atoms with E-state index in [1.807, 2.05) is 0 Å². The van der Waals surface area contributed by atoms with Gasteiger partial charge in [0.05, 0.1) is 39.6 Å². The quantitative estimate of drug-likeness (QED) is 0.621. The summed E-state index contributed by atoms with van der Waals surface area (Å²) >= 11 is 0. The number of allylic oxidation sites excluding steroid dienone is 2. The molecule has 0 aliphatic carbocycles. The molecule has 0 amide bonds. The highest BCUT2D eigenvalue weighted by Crippen LogP contribution is 2.15. The van der Waals surface area contributed by atoms with E-state index < -0.39 is 11.9 Å². The minimum absolute atomic E-state index is 0.135. The maximum absolute atomic E-state index is 12.1. The number of esters is 2. The second kappa shape index (κ2) is 15.5. The summed E-state index contributed by atoms with van der Waals surface area (Å²) in [5.74, 6) is 0.113. The second-order valence-electron chi connectivity index (χ2n) is 6.73. The summed E-state index contributed by atoms with van der Waals surface area (Å²) in [7, 11) is 0. The molecule has 1 heterocycles. The molecule has 0 aromatic rings. The minimum atomic E-state index is -0.506. The number of ether oxygens (including phenoxy) is 6. The van der Waals surface area contributed by atoms with Gasteiger partial charge >= 0.3 is 11.9 Å². The van der Waals surface area contributed by atoms with Crippen LogP contribution in [-0.2, 0) is 38.0 Å². The van der Waals surface area contributed by atoms with Crippen molar-refractivity contribution in [3.8, 4) is 0 Å². The molecule has 172 valence electrons. The molecule has 0 saturated carbocycles. The van der Waals surface area contributed by atoms with E-state index in [9.17, 15) is 9.59 Å². The Bertz CT molecular complexity index is 542. The molecule has 0 aromatic heterocycles. The lowest BCUT2D eigenvalue weighted by Gasteiger charge is -2.16.